The van der Waals surface area contributed by atoms with Crippen LogP contribution in [0.4, 0.5) is 0 Å². The minimum Gasteiger partial charge on any atom is -0.481 e. The van der Waals surface area contributed by atoms with Gasteiger partial charge in [-0.15, -0.1) is 0 Å². The van der Waals surface area contributed by atoms with Crippen LogP contribution in [0.15, 0.2) is 24.7 Å². The average molecular weight is 331 g/mol. The van der Waals surface area contributed by atoms with Crippen LogP contribution in [-0.2, 0) is 23.2 Å². The molecule has 0 bridgehead atoms. The average Bonchev–Trinajstić information content (AvgIpc) is 3.21. The van der Waals surface area contributed by atoms with E-state index in [2.05, 4.69) is 10.2 Å². The maximum absolute atomic E-state index is 12.6. The molecule has 128 valence electrons. The van der Waals surface area contributed by atoms with Gasteiger partial charge >= 0.3 is 5.97 Å². The van der Waals surface area contributed by atoms with Crippen molar-refractivity contribution >= 4 is 11.9 Å². The van der Waals surface area contributed by atoms with Gasteiger partial charge in [0.1, 0.15) is 0 Å². The van der Waals surface area contributed by atoms with Crippen molar-refractivity contribution in [2.75, 3.05) is 0 Å². The second-order valence-corrected chi connectivity index (χ2v) is 6.28. The van der Waals surface area contributed by atoms with E-state index in [1.807, 2.05) is 33.2 Å². The third-order valence-corrected chi connectivity index (χ3v) is 4.76. The summed E-state index contributed by atoms with van der Waals surface area (Å²) in [6.07, 6.45) is 5.19. The highest BCUT2D eigenvalue weighted by Crippen LogP contribution is 2.41. The van der Waals surface area contributed by atoms with Gasteiger partial charge < -0.3 is 10.0 Å². The molecule has 3 atom stereocenters. The first kappa shape index (κ1) is 16.2. The van der Waals surface area contributed by atoms with Crippen LogP contribution < -0.4 is 0 Å². The summed E-state index contributed by atoms with van der Waals surface area (Å²) in [6, 6.07) is 1.14. The molecule has 0 aliphatic carbocycles. The van der Waals surface area contributed by atoms with Crippen LogP contribution in [0.25, 0.3) is 0 Å². The lowest BCUT2D eigenvalue weighted by Gasteiger charge is -2.32. The number of carboxylic acids is 1. The van der Waals surface area contributed by atoms with Crippen molar-refractivity contribution in [1.29, 1.82) is 0 Å². The maximum atomic E-state index is 12.6. The number of amides is 1. The third-order valence-electron chi connectivity index (χ3n) is 4.76. The van der Waals surface area contributed by atoms with E-state index in [9.17, 15) is 14.7 Å². The third kappa shape index (κ3) is 2.68. The Labute approximate surface area is 139 Å². The Morgan fingerprint density at radius 3 is 2.75 bits per heavy atom. The number of aryl methyl sites for hydroxylation is 1. The molecule has 2 aromatic heterocycles. The van der Waals surface area contributed by atoms with Crippen LogP contribution in [0.5, 0.6) is 0 Å². The number of nitrogens with zero attached hydrogens (tertiary/aromatic N) is 5. The normalized spacial score (nSPS) is 22.1. The highest BCUT2D eigenvalue weighted by Gasteiger charge is 2.47. The van der Waals surface area contributed by atoms with Crippen molar-refractivity contribution < 1.29 is 14.7 Å². The Morgan fingerprint density at radius 2 is 2.21 bits per heavy atom. The van der Waals surface area contributed by atoms with Crippen molar-refractivity contribution in [3.63, 3.8) is 0 Å². The summed E-state index contributed by atoms with van der Waals surface area (Å²) in [5.74, 6) is -1.86. The molecule has 1 aliphatic heterocycles. The van der Waals surface area contributed by atoms with Crippen molar-refractivity contribution in [3.8, 4) is 0 Å². The van der Waals surface area contributed by atoms with E-state index >= 15 is 0 Å². The Bertz CT molecular complexity index is 752. The minimum absolute atomic E-state index is 0.0117. The van der Waals surface area contributed by atoms with Gasteiger partial charge in [0.15, 0.2) is 0 Å². The monoisotopic (exact) mass is 331 g/mol. The van der Waals surface area contributed by atoms with Gasteiger partial charge in [-0.25, -0.2) is 0 Å². The lowest BCUT2D eigenvalue weighted by molar-refractivity contribution is -0.142. The topological polar surface area (TPSA) is 93.2 Å². The fraction of sp³-hybridized carbons (Fsp3) is 0.500. The molecule has 0 saturated carbocycles. The molecule has 1 amide bonds. The maximum Gasteiger partial charge on any atom is 0.309 e. The van der Waals surface area contributed by atoms with Gasteiger partial charge in [-0.05, 0) is 19.9 Å². The largest absolute Gasteiger partial charge is 0.481 e. The number of hydrogen-bond acceptors (Lipinski definition) is 4. The molecule has 1 saturated heterocycles. The fourth-order valence-corrected chi connectivity index (χ4v) is 3.44. The Kier molecular flexibility index (Phi) is 4.13. The van der Waals surface area contributed by atoms with E-state index in [0.29, 0.717) is 6.54 Å². The molecule has 0 aromatic carbocycles. The summed E-state index contributed by atoms with van der Waals surface area (Å²) >= 11 is 0. The molecule has 8 heteroatoms. The molecular formula is C16H21N5O3. The number of hydrogen-bond donors (Lipinski definition) is 1. The van der Waals surface area contributed by atoms with Gasteiger partial charge in [0.25, 0.3) is 0 Å². The van der Waals surface area contributed by atoms with Gasteiger partial charge in [-0.3, -0.25) is 19.0 Å². The number of likely N-dealkylation sites (tertiary alicyclic amines) is 1. The molecule has 1 fully saturated rings. The summed E-state index contributed by atoms with van der Waals surface area (Å²) in [4.78, 5) is 26.0. The number of rotatable bonds is 5. The minimum atomic E-state index is -0.953. The van der Waals surface area contributed by atoms with Gasteiger partial charge in [0.05, 0.1) is 24.7 Å². The Hall–Kier alpha value is -2.64. The molecule has 24 heavy (non-hydrogen) atoms. The Morgan fingerprint density at radius 1 is 1.46 bits per heavy atom. The van der Waals surface area contributed by atoms with Crippen LogP contribution in [0.1, 0.15) is 30.6 Å². The molecule has 1 unspecified atom stereocenters. The lowest BCUT2D eigenvalue weighted by Crippen LogP contribution is -2.40. The second kappa shape index (κ2) is 6.10. The molecule has 8 nitrogen and oxygen atoms in total. The van der Waals surface area contributed by atoms with E-state index < -0.39 is 17.9 Å². The molecular weight excluding hydrogens is 310 g/mol. The molecule has 1 N–H and O–H groups in total. The van der Waals surface area contributed by atoms with Crippen LogP contribution in [0.3, 0.4) is 0 Å². The van der Waals surface area contributed by atoms with Crippen LogP contribution >= 0.6 is 0 Å². The van der Waals surface area contributed by atoms with Gasteiger partial charge in [0.2, 0.25) is 5.91 Å². The van der Waals surface area contributed by atoms with Crippen molar-refractivity contribution in [3.05, 3.63) is 35.9 Å². The predicted molar refractivity (Wildman–Crippen MR) is 85.0 cm³/mol. The quantitative estimate of drug-likeness (QED) is 0.882. The number of carbonyl (C=O) groups is 2. The van der Waals surface area contributed by atoms with Crippen molar-refractivity contribution in [2.24, 2.45) is 13.0 Å². The zero-order valence-electron chi connectivity index (χ0n) is 14.0. The first-order valence-corrected chi connectivity index (χ1v) is 7.90. The SMILES string of the molecule is Cc1c([C@@H]2[C@@H](C(=O)O)CC(=O)N2C(C)Cn2cccn2)cnn1C. The summed E-state index contributed by atoms with van der Waals surface area (Å²) in [6.45, 7) is 4.32. The van der Waals surface area contributed by atoms with Gasteiger partial charge in [-0.2, -0.15) is 10.2 Å². The molecule has 0 spiro atoms. The Balaban J connectivity index is 1.96. The van der Waals surface area contributed by atoms with Crippen LogP contribution in [0.2, 0.25) is 0 Å². The number of carboxylic acid groups (broad SMARTS) is 1. The predicted octanol–water partition coefficient (Wildman–Crippen LogP) is 0.988. The number of aliphatic carboxylic acids is 1. The smallest absolute Gasteiger partial charge is 0.309 e. The van der Waals surface area contributed by atoms with E-state index in [1.54, 1.807) is 26.7 Å². The van der Waals surface area contributed by atoms with E-state index in [-0.39, 0.29) is 18.4 Å². The van der Waals surface area contributed by atoms with Gasteiger partial charge in [0, 0.05) is 43.2 Å². The molecule has 2 aromatic rings. The summed E-state index contributed by atoms with van der Waals surface area (Å²) in [7, 11) is 1.81. The highest BCUT2D eigenvalue weighted by molar-refractivity contribution is 5.87. The summed E-state index contributed by atoms with van der Waals surface area (Å²) in [5, 5.41) is 18.0. The van der Waals surface area contributed by atoms with Gasteiger partial charge in [-0.1, -0.05) is 0 Å². The van der Waals surface area contributed by atoms with Crippen LogP contribution in [-0.4, -0.2) is 47.5 Å². The zero-order valence-corrected chi connectivity index (χ0v) is 14.0. The summed E-state index contributed by atoms with van der Waals surface area (Å²) < 4.78 is 3.45. The molecule has 3 heterocycles. The zero-order chi connectivity index (χ0) is 17.4. The van der Waals surface area contributed by atoms with Crippen LogP contribution in [0, 0.1) is 12.8 Å². The second-order valence-electron chi connectivity index (χ2n) is 6.28. The molecule has 0 radical (unpaired) electrons. The fourth-order valence-electron chi connectivity index (χ4n) is 3.44. The van der Waals surface area contributed by atoms with E-state index in [1.165, 1.54) is 0 Å². The lowest BCUT2D eigenvalue weighted by atomic mass is 9.93. The van der Waals surface area contributed by atoms with Crippen molar-refractivity contribution in [2.45, 2.75) is 38.9 Å². The summed E-state index contributed by atoms with van der Waals surface area (Å²) in [5.41, 5.74) is 1.67. The van der Waals surface area contributed by atoms with Crippen molar-refractivity contribution in [1.82, 2.24) is 24.5 Å². The van der Waals surface area contributed by atoms with E-state index in [4.69, 9.17) is 0 Å². The van der Waals surface area contributed by atoms with E-state index in [0.717, 1.165) is 11.3 Å². The number of aromatic nitrogens is 4. The molecule has 3 rings (SSSR count). The first-order valence-electron chi connectivity index (χ1n) is 7.90. The molecule has 1 aliphatic rings. The standard InChI is InChI=1S/C16H21N5O3/c1-10(9-20-6-4-5-17-20)21-14(22)7-12(16(23)24)15(21)13-8-18-19(3)11(13)2/h4-6,8,10,12,15H,7,9H2,1-3H3,(H,23,24)/t10?,12-,15-/m0/s1. The number of carbonyl (C=O) groups excluding carboxylic acids is 1. The highest BCUT2D eigenvalue weighted by atomic mass is 16.4. The first-order chi connectivity index (χ1) is 11.4.